The van der Waals surface area contributed by atoms with E-state index < -0.39 is 11.9 Å². The van der Waals surface area contributed by atoms with Gasteiger partial charge in [0.05, 0.1) is 4.21 Å². The van der Waals surface area contributed by atoms with E-state index in [2.05, 4.69) is 48.5 Å². The van der Waals surface area contributed by atoms with Gasteiger partial charge in [-0.05, 0) is 10.8 Å². The molecule has 13 heavy (non-hydrogen) atoms. The Morgan fingerprint density at radius 3 is 1.31 bits per heavy atom. The van der Waals surface area contributed by atoms with Crippen LogP contribution in [0.4, 0.5) is 0 Å². The summed E-state index contributed by atoms with van der Waals surface area (Å²) >= 11 is -0.500. The maximum absolute atomic E-state index is 8.40. The highest BCUT2D eigenvalue weighted by molar-refractivity contribution is 7.59. The Hall–Kier alpha value is -1.32. The molecule has 0 aliphatic rings. The smallest absolute Gasteiger partial charge is 0.0737 e. The van der Waals surface area contributed by atoms with Gasteiger partial charge in [-0.3, -0.25) is 0 Å². The van der Waals surface area contributed by atoms with Crippen LogP contribution in [0.5, 0.6) is 0 Å². The Morgan fingerprint density at radius 1 is 0.846 bits per heavy atom. The fraction of sp³-hybridized carbons (Fsp3) is 0. The fourth-order valence-electron chi connectivity index (χ4n) is 1.13. The summed E-state index contributed by atoms with van der Waals surface area (Å²) in [5.41, 5.74) is 0. The molecule has 0 amide bonds. The van der Waals surface area contributed by atoms with E-state index in [0.717, 1.165) is 0 Å². The zero-order valence-electron chi connectivity index (χ0n) is 6.88. The zero-order chi connectivity index (χ0) is 9.52. The molecule has 2 nitrogen and oxygen atoms in total. The highest BCUT2D eigenvalue weighted by atomic mass is 32.2. The Morgan fingerprint density at radius 2 is 1.08 bits per heavy atom. The number of fused-ring (bicyclic) bond motifs is 1. The predicted molar refractivity (Wildman–Crippen MR) is 54.6 cm³/mol. The summed E-state index contributed by atoms with van der Waals surface area (Å²) in [7, 11) is 0. The number of hydrogen-bond acceptors (Lipinski definition) is 1. The molecule has 0 spiro atoms. The van der Waals surface area contributed by atoms with E-state index >= 15 is 0 Å². The average Bonchev–Trinajstić information content (AvgIpc) is 2.19. The van der Waals surface area contributed by atoms with Crippen molar-refractivity contribution in [2.75, 3.05) is 0 Å². The summed E-state index contributed by atoms with van der Waals surface area (Å²) in [4.78, 5) is 0. The lowest BCUT2D eigenvalue weighted by atomic mass is 10.1. The summed E-state index contributed by atoms with van der Waals surface area (Å²) in [6.07, 6.45) is 0. The lowest BCUT2D eigenvalue weighted by Gasteiger charge is -1.92. The van der Waals surface area contributed by atoms with Crippen molar-refractivity contribution in [1.82, 2.24) is 0 Å². The molecule has 0 aromatic heterocycles. The molecule has 2 aromatic carbocycles. The van der Waals surface area contributed by atoms with Gasteiger partial charge in [0.25, 0.3) is 0 Å². The molecule has 0 fully saturated rings. The van der Waals surface area contributed by atoms with Crippen molar-refractivity contribution in [2.24, 2.45) is 0 Å². The van der Waals surface area contributed by atoms with Gasteiger partial charge in [0.2, 0.25) is 0 Å². The van der Waals surface area contributed by atoms with Gasteiger partial charge in [-0.25, -0.2) is 0 Å². The lowest BCUT2D eigenvalue weighted by molar-refractivity contribution is 0.538. The van der Waals surface area contributed by atoms with Gasteiger partial charge < -0.3 is 0 Å². The van der Waals surface area contributed by atoms with Gasteiger partial charge in [0.15, 0.2) is 0 Å². The Balaban J connectivity index is 0.000000251. The van der Waals surface area contributed by atoms with Crippen molar-refractivity contribution in [3.8, 4) is 0 Å². The van der Waals surface area contributed by atoms with Crippen molar-refractivity contribution in [3.63, 3.8) is 0 Å². The van der Waals surface area contributed by atoms with E-state index in [1.807, 2.05) is 0 Å². The largest absolute Gasteiger partial charge is 0.690 e. The monoisotopic (exact) mass is 193 g/mol. The molecule has 2 rings (SSSR count). The second-order valence-electron chi connectivity index (χ2n) is 2.42. The number of benzene rings is 2. The first-order chi connectivity index (χ1) is 6.38. The molecule has 0 atom stereocenters. The fourth-order valence-corrected chi connectivity index (χ4v) is 1.13. The molecule has 3 heteroatoms. The minimum Gasteiger partial charge on any atom is -0.0737 e. The van der Waals surface area contributed by atoms with Gasteiger partial charge in [0, 0.05) is 0 Å². The van der Waals surface area contributed by atoms with Crippen LogP contribution in [0.25, 0.3) is 10.8 Å². The van der Waals surface area contributed by atoms with Gasteiger partial charge >= 0.3 is 11.9 Å². The van der Waals surface area contributed by atoms with Crippen LogP contribution in [-0.2, 0) is 16.2 Å². The second kappa shape index (κ2) is 5.35. The van der Waals surface area contributed by atoms with Gasteiger partial charge in [-0.2, -0.15) is 0 Å². The molecular formula is C10H9O2S+. The van der Waals surface area contributed by atoms with Crippen LogP contribution >= 0.6 is 0 Å². The maximum atomic E-state index is 8.40. The SMILES string of the molecule is O=[S+]O.c1ccc2ccccc2c1. The lowest BCUT2D eigenvalue weighted by Crippen LogP contribution is -1.67. The van der Waals surface area contributed by atoms with Crippen LogP contribution in [-0.4, -0.2) is 4.55 Å². The van der Waals surface area contributed by atoms with Crippen LogP contribution in [0.15, 0.2) is 48.5 Å². The summed E-state index contributed by atoms with van der Waals surface area (Å²) in [6.45, 7) is 0. The summed E-state index contributed by atoms with van der Waals surface area (Å²) in [5.74, 6) is 0. The third-order valence-corrected chi connectivity index (χ3v) is 1.66. The Labute approximate surface area is 80.5 Å². The molecule has 0 saturated carbocycles. The molecule has 66 valence electrons. The summed E-state index contributed by atoms with van der Waals surface area (Å²) in [5, 5.41) is 2.62. The normalized spacial score (nSPS) is 8.69. The predicted octanol–water partition coefficient (Wildman–Crippen LogP) is 2.73. The molecule has 0 aliphatic heterocycles. The molecule has 0 saturated heterocycles. The quantitative estimate of drug-likeness (QED) is 0.516. The first kappa shape index (κ1) is 9.77. The minimum atomic E-state index is -0.500. The average molecular weight is 193 g/mol. The molecule has 2 aromatic rings. The van der Waals surface area contributed by atoms with Gasteiger partial charge in [-0.1, -0.05) is 53.1 Å². The number of hydrogen-bond donors (Lipinski definition) is 1. The van der Waals surface area contributed by atoms with Crippen LogP contribution in [0.2, 0.25) is 0 Å². The minimum absolute atomic E-state index is 0.500. The van der Waals surface area contributed by atoms with E-state index in [4.69, 9.17) is 8.76 Å². The van der Waals surface area contributed by atoms with E-state index in [-0.39, 0.29) is 0 Å². The van der Waals surface area contributed by atoms with E-state index in [1.165, 1.54) is 10.8 Å². The van der Waals surface area contributed by atoms with Crippen molar-refractivity contribution < 1.29 is 8.76 Å². The first-order valence-corrected chi connectivity index (χ1v) is 4.45. The van der Waals surface area contributed by atoms with Crippen molar-refractivity contribution >= 4 is 22.7 Å². The van der Waals surface area contributed by atoms with Gasteiger partial charge in [0.1, 0.15) is 0 Å². The number of rotatable bonds is 0. The molecule has 0 heterocycles. The molecule has 0 bridgehead atoms. The molecule has 0 radical (unpaired) electrons. The molecular weight excluding hydrogens is 184 g/mol. The van der Waals surface area contributed by atoms with Crippen LogP contribution in [0.1, 0.15) is 0 Å². The topological polar surface area (TPSA) is 37.3 Å². The first-order valence-electron chi connectivity index (χ1n) is 3.75. The molecule has 0 aliphatic carbocycles. The zero-order valence-corrected chi connectivity index (χ0v) is 7.70. The molecule has 0 unspecified atom stereocenters. The third-order valence-electron chi connectivity index (χ3n) is 1.66. The summed E-state index contributed by atoms with van der Waals surface area (Å²) < 4.78 is 15.3. The van der Waals surface area contributed by atoms with Crippen LogP contribution in [0.3, 0.4) is 0 Å². The van der Waals surface area contributed by atoms with Crippen molar-refractivity contribution in [3.05, 3.63) is 48.5 Å². The van der Waals surface area contributed by atoms with Crippen LogP contribution < -0.4 is 0 Å². The highest BCUT2D eigenvalue weighted by Gasteiger charge is 1.85. The van der Waals surface area contributed by atoms with E-state index in [1.54, 1.807) is 0 Å². The van der Waals surface area contributed by atoms with E-state index in [9.17, 15) is 0 Å². The molecule has 1 N–H and O–H groups in total. The van der Waals surface area contributed by atoms with Crippen LogP contribution in [0, 0.1) is 0 Å². The second-order valence-corrected chi connectivity index (χ2v) is 2.57. The third kappa shape index (κ3) is 2.89. The summed E-state index contributed by atoms with van der Waals surface area (Å²) in [6, 6.07) is 16.7. The Kier molecular flexibility index (Phi) is 4.02. The van der Waals surface area contributed by atoms with Gasteiger partial charge in [-0.15, -0.1) is 0 Å². The Bertz CT molecular complexity index is 322. The van der Waals surface area contributed by atoms with Crippen molar-refractivity contribution in [1.29, 1.82) is 0 Å². The van der Waals surface area contributed by atoms with Crippen molar-refractivity contribution in [2.45, 2.75) is 0 Å². The standard InChI is InChI=1S/C10H8.O2S/c1-2-6-10-8-4-3-7-9(10)5-1;1-3-2/h1-8H;/p+1. The maximum Gasteiger partial charge on any atom is 0.690 e. The van der Waals surface area contributed by atoms with E-state index in [0.29, 0.717) is 0 Å². The highest BCUT2D eigenvalue weighted by Crippen LogP contribution is 2.11.